The minimum absolute atomic E-state index is 0.895. The Morgan fingerprint density at radius 2 is 0.942 bits per heavy atom. The van der Waals surface area contributed by atoms with Gasteiger partial charge >= 0.3 is 0 Å². The number of fused-ring (bicyclic) bond motifs is 5. The van der Waals surface area contributed by atoms with E-state index in [0.717, 1.165) is 50.1 Å². The topological polar surface area (TPSA) is 16.4 Å². The van der Waals surface area contributed by atoms with Gasteiger partial charge < -0.3 is 9.32 Å². The molecule has 2 nitrogen and oxygen atoms in total. The van der Waals surface area contributed by atoms with Gasteiger partial charge in [-0.3, -0.25) is 0 Å². The van der Waals surface area contributed by atoms with Crippen LogP contribution in [-0.2, 0) is 0 Å². The van der Waals surface area contributed by atoms with Crippen molar-refractivity contribution in [2.24, 2.45) is 0 Å². The lowest BCUT2D eigenvalue weighted by Crippen LogP contribution is -2.11. The van der Waals surface area contributed by atoms with Gasteiger partial charge in [-0.25, -0.2) is 0 Å². The standard InChI is InChI=1S/C50H33NO/c1-2-14-37-32-39(27-26-34(37)12-1)44-19-5-7-23-47(44)51(40-30-28-36(29-31-40)43-21-10-15-35-13-3-4-18-42(35)43)41-17-9-16-38(33-41)45-22-11-25-49-50(45)46-20-6-8-24-48(46)52-49/h1-33H. The molecule has 0 N–H and O–H groups in total. The summed E-state index contributed by atoms with van der Waals surface area (Å²) in [6.07, 6.45) is 0. The third-order valence-corrected chi connectivity index (χ3v) is 10.2. The maximum absolute atomic E-state index is 6.29. The molecule has 9 aromatic carbocycles. The molecule has 0 radical (unpaired) electrons. The Morgan fingerprint density at radius 3 is 1.85 bits per heavy atom. The molecule has 10 aromatic rings. The van der Waals surface area contributed by atoms with Crippen LogP contribution < -0.4 is 4.90 Å². The quantitative estimate of drug-likeness (QED) is 0.176. The van der Waals surface area contributed by atoms with Crippen LogP contribution in [0.1, 0.15) is 0 Å². The molecule has 0 aliphatic rings. The van der Waals surface area contributed by atoms with E-state index >= 15 is 0 Å². The summed E-state index contributed by atoms with van der Waals surface area (Å²) in [6.45, 7) is 0. The molecule has 0 saturated carbocycles. The van der Waals surface area contributed by atoms with E-state index in [9.17, 15) is 0 Å². The second-order valence-electron chi connectivity index (χ2n) is 13.3. The summed E-state index contributed by atoms with van der Waals surface area (Å²) in [5, 5.41) is 7.22. The molecule has 0 aliphatic carbocycles. The van der Waals surface area contributed by atoms with Crippen molar-refractivity contribution in [2.45, 2.75) is 0 Å². The minimum Gasteiger partial charge on any atom is -0.456 e. The first-order valence-corrected chi connectivity index (χ1v) is 17.8. The molecule has 0 spiro atoms. The van der Waals surface area contributed by atoms with Crippen LogP contribution in [-0.4, -0.2) is 0 Å². The number of benzene rings is 9. The average Bonchev–Trinajstić information content (AvgIpc) is 3.60. The summed E-state index contributed by atoms with van der Waals surface area (Å²) in [5.41, 5.74) is 12.1. The van der Waals surface area contributed by atoms with Crippen molar-refractivity contribution in [1.29, 1.82) is 0 Å². The highest BCUT2D eigenvalue weighted by atomic mass is 16.3. The van der Waals surface area contributed by atoms with Gasteiger partial charge in [-0.15, -0.1) is 0 Å². The normalized spacial score (nSPS) is 11.5. The summed E-state index contributed by atoms with van der Waals surface area (Å²) in [6, 6.07) is 71.8. The van der Waals surface area contributed by atoms with Gasteiger partial charge in [-0.1, -0.05) is 152 Å². The highest BCUT2D eigenvalue weighted by molar-refractivity contribution is 6.12. The smallest absolute Gasteiger partial charge is 0.136 e. The van der Waals surface area contributed by atoms with E-state index in [1.54, 1.807) is 0 Å². The maximum atomic E-state index is 6.29. The summed E-state index contributed by atoms with van der Waals surface area (Å²) in [4.78, 5) is 2.40. The van der Waals surface area contributed by atoms with Crippen LogP contribution in [0.2, 0.25) is 0 Å². The van der Waals surface area contributed by atoms with Crippen LogP contribution in [0, 0.1) is 0 Å². The van der Waals surface area contributed by atoms with Gasteiger partial charge in [0.25, 0.3) is 0 Å². The lowest BCUT2D eigenvalue weighted by atomic mass is 9.96. The van der Waals surface area contributed by atoms with E-state index in [4.69, 9.17) is 4.42 Å². The lowest BCUT2D eigenvalue weighted by molar-refractivity contribution is 0.669. The molecule has 10 rings (SSSR count). The first kappa shape index (κ1) is 30.0. The zero-order valence-corrected chi connectivity index (χ0v) is 28.4. The predicted molar refractivity (Wildman–Crippen MR) is 220 cm³/mol. The number of nitrogens with zero attached hydrogens (tertiary/aromatic N) is 1. The van der Waals surface area contributed by atoms with E-state index in [-0.39, 0.29) is 0 Å². The molecule has 0 bridgehead atoms. The third kappa shape index (κ3) is 5.12. The van der Waals surface area contributed by atoms with Gasteiger partial charge in [0.15, 0.2) is 0 Å². The maximum Gasteiger partial charge on any atom is 0.136 e. The van der Waals surface area contributed by atoms with Crippen LogP contribution in [0.3, 0.4) is 0 Å². The van der Waals surface area contributed by atoms with E-state index < -0.39 is 0 Å². The van der Waals surface area contributed by atoms with Gasteiger partial charge in [-0.05, 0) is 97.9 Å². The number of anilines is 3. The monoisotopic (exact) mass is 663 g/mol. The van der Waals surface area contributed by atoms with E-state index in [2.05, 4.69) is 193 Å². The first-order valence-electron chi connectivity index (χ1n) is 17.8. The lowest BCUT2D eigenvalue weighted by Gasteiger charge is -2.28. The Morgan fingerprint density at radius 1 is 0.327 bits per heavy atom. The Labute approximate surface area is 302 Å². The van der Waals surface area contributed by atoms with Gasteiger partial charge in [0.2, 0.25) is 0 Å². The Bertz CT molecular complexity index is 2910. The molecule has 1 heterocycles. The number of hydrogen-bond donors (Lipinski definition) is 0. The van der Waals surface area contributed by atoms with Crippen molar-refractivity contribution in [1.82, 2.24) is 0 Å². The van der Waals surface area contributed by atoms with E-state index in [0.29, 0.717) is 0 Å². The molecule has 0 amide bonds. The Kier molecular flexibility index (Phi) is 7.18. The van der Waals surface area contributed by atoms with Gasteiger partial charge in [0, 0.05) is 27.7 Å². The third-order valence-electron chi connectivity index (χ3n) is 10.2. The Balaban J connectivity index is 1.16. The molecule has 0 aliphatic heterocycles. The van der Waals surface area contributed by atoms with Gasteiger partial charge in [0.05, 0.1) is 5.69 Å². The number of furan rings is 1. The minimum atomic E-state index is 0.895. The fourth-order valence-corrected chi connectivity index (χ4v) is 7.79. The van der Waals surface area contributed by atoms with E-state index in [1.807, 2.05) is 12.1 Å². The zero-order chi connectivity index (χ0) is 34.4. The van der Waals surface area contributed by atoms with Crippen molar-refractivity contribution >= 4 is 60.5 Å². The highest BCUT2D eigenvalue weighted by Crippen LogP contribution is 2.44. The van der Waals surface area contributed by atoms with Crippen LogP contribution in [0.5, 0.6) is 0 Å². The van der Waals surface area contributed by atoms with Crippen LogP contribution >= 0.6 is 0 Å². The number of rotatable bonds is 6. The zero-order valence-electron chi connectivity index (χ0n) is 28.4. The molecule has 244 valence electrons. The molecule has 1 aromatic heterocycles. The van der Waals surface area contributed by atoms with Crippen molar-refractivity contribution in [3.05, 3.63) is 200 Å². The largest absolute Gasteiger partial charge is 0.456 e. The number of hydrogen-bond acceptors (Lipinski definition) is 2. The highest BCUT2D eigenvalue weighted by Gasteiger charge is 2.19. The van der Waals surface area contributed by atoms with Crippen molar-refractivity contribution in [3.63, 3.8) is 0 Å². The van der Waals surface area contributed by atoms with Crippen LogP contribution in [0.25, 0.3) is 76.9 Å². The van der Waals surface area contributed by atoms with Crippen LogP contribution in [0.4, 0.5) is 17.1 Å². The summed E-state index contributed by atoms with van der Waals surface area (Å²) in [7, 11) is 0. The number of para-hydroxylation sites is 2. The van der Waals surface area contributed by atoms with Crippen molar-refractivity contribution in [2.75, 3.05) is 4.90 Å². The fourth-order valence-electron chi connectivity index (χ4n) is 7.79. The van der Waals surface area contributed by atoms with Gasteiger partial charge in [0.1, 0.15) is 11.2 Å². The average molecular weight is 664 g/mol. The van der Waals surface area contributed by atoms with E-state index in [1.165, 1.54) is 43.8 Å². The van der Waals surface area contributed by atoms with Crippen LogP contribution in [0.15, 0.2) is 205 Å². The molecule has 0 fully saturated rings. The molecular formula is C50H33NO. The summed E-state index contributed by atoms with van der Waals surface area (Å²) in [5.74, 6) is 0. The SMILES string of the molecule is c1cc(-c2cccc3oc4ccccc4c23)cc(N(c2ccc(-c3cccc4ccccc34)cc2)c2ccccc2-c2ccc3ccccc3c2)c1. The second-order valence-corrected chi connectivity index (χ2v) is 13.3. The van der Waals surface area contributed by atoms with Gasteiger partial charge in [-0.2, -0.15) is 0 Å². The molecule has 0 unspecified atom stereocenters. The van der Waals surface area contributed by atoms with Crippen molar-refractivity contribution in [3.8, 4) is 33.4 Å². The van der Waals surface area contributed by atoms with Crippen molar-refractivity contribution < 1.29 is 4.42 Å². The predicted octanol–water partition coefficient (Wildman–Crippen LogP) is 14.4. The Hall–Kier alpha value is -6.90. The molecular weight excluding hydrogens is 631 g/mol. The molecule has 0 atom stereocenters. The summed E-state index contributed by atoms with van der Waals surface area (Å²) >= 11 is 0. The molecule has 2 heteroatoms. The summed E-state index contributed by atoms with van der Waals surface area (Å²) < 4.78 is 6.29. The molecule has 52 heavy (non-hydrogen) atoms. The fraction of sp³-hybridized carbons (Fsp3) is 0. The second kappa shape index (κ2) is 12.5. The molecule has 0 saturated heterocycles. The first-order chi connectivity index (χ1) is 25.8.